The van der Waals surface area contributed by atoms with Crippen LogP contribution in [0.15, 0.2) is 6.33 Å². The van der Waals surface area contributed by atoms with Gasteiger partial charge in [-0.2, -0.15) is 5.10 Å². The van der Waals surface area contributed by atoms with E-state index in [1.165, 1.54) is 0 Å². The van der Waals surface area contributed by atoms with E-state index in [4.69, 9.17) is 4.74 Å². The second-order valence-corrected chi connectivity index (χ2v) is 3.24. The van der Waals surface area contributed by atoms with E-state index in [1.54, 1.807) is 11.0 Å². The lowest BCUT2D eigenvalue weighted by atomic mass is 10.3. The van der Waals surface area contributed by atoms with E-state index in [2.05, 4.69) is 22.3 Å². The van der Waals surface area contributed by atoms with E-state index in [0.717, 1.165) is 25.6 Å². The number of nitrogens with zero attached hydrogens (tertiary/aromatic N) is 3. The maximum absolute atomic E-state index is 5.29. The predicted molar refractivity (Wildman–Crippen MR) is 53.8 cm³/mol. The average Bonchev–Trinajstić information content (AvgIpc) is 2.58. The first-order valence-corrected chi connectivity index (χ1v) is 4.88. The van der Waals surface area contributed by atoms with Crippen molar-refractivity contribution in [2.75, 3.05) is 13.2 Å². The molecule has 0 radical (unpaired) electrons. The summed E-state index contributed by atoms with van der Waals surface area (Å²) in [7, 11) is 1.89. The minimum Gasteiger partial charge on any atom is -0.380 e. The molecule has 14 heavy (non-hydrogen) atoms. The van der Waals surface area contributed by atoms with E-state index >= 15 is 0 Å². The number of hydrogen-bond donors (Lipinski definition) is 1. The molecule has 5 nitrogen and oxygen atoms in total. The lowest BCUT2D eigenvalue weighted by Crippen LogP contribution is -2.31. The summed E-state index contributed by atoms with van der Waals surface area (Å²) >= 11 is 0. The first-order valence-electron chi connectivity index (χ1n) is 4.88. The fourth-order valence-electron chi connectivity index (χ4n) is 1.10. The summed E-state index contributed by atoms with van der Waals surface area (Å²) in [6.45, 7) is 6.30. The molecule has 1 atom stereocenters. The Morgan fingerprint density at radius 3 is 3.00 bits per heavy atom. The molecule has 1 unspecified atom stereocenters. The zero-order valence-electron chi connectivity index (χ0n) is 9.03. The van der Waals surface area contributed by atoms with E-state index < -0.39 is 0 Å². The van der Waals surface area contributed by atoms with Gasteiger partial charge in [-0.05, 0) is 13.8 Å². The highest BCUT2D eigenvalue weighted by Crippen LogP contribution is 1.92. The Morgan fingerprint density at radius 1 is 1.64 bits per heavy atom. The summed E-state index contributed by atoms with van der Waals surface area (Å²) in [5.74, 6) is 0.938. The second-order valence-electron chi connectivity index (χ2n) is 3.24. The van der Waals surface area contributed by atoms with Crippen LogP contribution in [0, 0.1) is 0 Å². The van der Waals surface area contributed by atoms with E-state index in [0.29, 0.717) is 6.04 Å². The zero-order valence-corrected chi connectivity index (χ0v) is 9.03. The van der Waals surface area contributed by atoms with Gasteiger partial charge in [0.1, 0.15) is 12.2 Å². The van der Waals surface area contributed by atoms with E-state index in [9.17, 15) is 0 Å². The minimum absolute atomic E-state index is 0.339. The third kappa shape index (κ3) is 3.43. The molecule has 1 N–H and O–H groups in total. The molecular weight excluding hydrogens is 180 g/mol. The van der Waals surface area contributed by atoms with Crippen LogP contribution in [0.1, 0.15) is 19.7 Å². The van der Waals surface area contributed by atoms with Gasteiger partial charge in [-0.25, -0.2) is 4.98 Å². The van der Waals surface area contributed by atoms with Crippen molar-refractivity contribution in [2.45, 2.75) is 26.4 Å². The predicted octanol–water partition coefficient (Wildman–Crippen LogP) is 0.330. The summed E-state index contributed by atoms with van der Waals surface area (Å²) < 4.78 is 7.05. The number of aromatic nitrogens is 3. The minimum atomic E-state index is 0.339. The van der Waals surface area contributed by atoms with Crippen LogP contribution in [0.5, 0.6) is 0 Å². The van der Waals surface area contributed by atoms with Gasteiger partial charge in [0.15, 0.2) is 0 Å². The quantitative estimate of drug-likeness (QED) is 0.715. The number of nitrogens with one attached hydrogen (secondary N) is 1. The van der Waals surface area contributed by atoms with Crippen molar-refractivity contribution in [3.05, 3.63) is 12.2 Å². The molecule has 0 aliphatic carbocycles. The van der Waals surface area contributed by atoms with Gasteiger partial charge in [-0.1, -0.05) is 0 Å². The van der Waals surface area contributed by atoms with Crippen molar-refractivity contribution in [3.63, 3.8) is 0 Å². The first kappa shape index (κ1) is 11.1. The van der Waals surface area contributed by atoms with Gasteiger partial charge >= 0.3 is 0 Å². The standard InChI is InChI=1S/C9H18N4O/c1-4-14-6-8(2)10-5-9-11-7-12-13(9)3/h7-8,10H,4-6H2,1-3H3. The molecule has 0 saturated carbocycles. The van der Waals surface area contributed by atoms with Crippen molar-refractivity contribution in [1.29, 1.82) is 0 Å². The van der Waals surface area contributed by atoms with Crippen LogP contribution >= 0.6 is 0 Å². The second kappa shape index (κ2) is 5.72. The Kier molecular flexibility index (Phi) is 4.55. The third-order valence-corrected chi connectivity index (χ3v) is 1.99. The summed E-state index contributed by atoms with van der Waals surface area (Å²) in [5, 5.41) is 7.30. The van der Waals surface area contributed by atoms with Crippen molar-refractivity contribution >= 4 is 0 Å². The molecule has 1 rings (SSSR count). The highest BCUT2D eigenvalue weighted by molar-refractivity contribution is 4.82. The monoisotopic (exact) mass is 198 g/mol. The number of rotatable bonds is 6. The van der Waals surface area contributed by atoms with Gasteiger partial charge in [-0.15, -0.1) is 0 Å². The van der Waals surface area contributed by atoms with Crippen molar-refractivity contribution in [1.82, 2.24) is 20.1 Å². The molecule has 0 bridgehead atoms. The van der Waals surface area contributed by atoms with Crippen molar-refractivity contribution in [3.8, 4) is 0 Å². The summed E-state index contributed by atoms with van der Waals surface area (Å²) in [6, 6.07) is 0.339. The number of aryl methyl sites for hydroxylation is 1. The maximum Gasteiger partial charge on any atom is 0.140 e. The molecule has 0 fully saturated rings. The molecule has 1 aromatic rings. The third-order valence-electron chi connectivity index (χ3n) is 1.99. The normalized spacial score (nSPS) is 13.1. The Hall–Kier alpha value is -0.940. The van der Waals surface area contributed by atoms with Gasteiger partial charge < -0.3 is 10.1 Å². The molecular formula is C9H18N4O. The molecule has 0 aromatic carbocycles. The Balaban J connectivity index is 2.23. The highest BCUT2D eigenvalue weighted by atomic mass is 16.5. The SMILES string of the molecule is CCOCC(C)NCc1ncnn1C. The van der Waals surface area contributed by atoms with Gasteiger partial charge in [0.25, 0.3) is 0 Å². The fraction of sp³-hybridized carbons (Fsp3) is 0.778. The van der Waals surface area contributed by atoms with Crippen LogP contribution in [0.25, 0.3) is 0 Å². The highest BCUT2D eigenvalue weighted by Gasteiger charge is 2.03. The molecule has 0 aliphatic rings. The molecule has 0 spiro atoms. The van der Waals surface area contributed by atoms with Crippen LogP contribution in [-0.4, -0.2) is 34.0 Å². The first-order chi connectivity index (χ1) is 6.74. The Bertz CT molecular complexity index is 261. The average molecular weight is 198 g/mol. The number of ether oxygens (including phenoxy) is 1. The topological polar surface area (TPSA) is 52.0 Å². The fourth-order valence-corrected chi connectivity index (χ4v) is 1.10. The van der Waals surface area contributed by atoms with Crippen molar-refractivity contribution in [2.24, 2.45) is 7.05 Å². The van der Waals surface area contributed by atoms with E-state index in [-0.39, 0.29) is 0 Å². The Labute approximate surface area is 84.5 Å². The molecule has 5 heteroatoms. The lowest BCUT2D eigenvalue weighted by molar-refractivity contribution is 0.126. The molecule has 1 heterocycles. The molecule has 0 saturated heterocycles. The summed E-state index contributed by atoms with van der Waals surface area (Å²) in [4.78, 5) is 4.12. The van der Waals surface area contributed by atoms with Crippen LogP contribution in [-0.2, 0) is 18.3 Å². The summed E-state index contributed by atoms with van der Waals surface area (Å²) in [5.41, 5.74) is 0. The van der Waals surface area contributed by atoms with E-state index in [1.807, 2.05) is 14.0 Å². The van der Waals surface area contributed by atoms with Gasteiger partial charge in [0.05, 0.1) is 13.2 Å². The van der Waals surface area contributed by atoms with Gasteiger partial charge in [0.2, 0.25) is 0 Å². The summed E-state index contributed by atoms with van der Waals surface area (Å²) in [6.07, 6.45) is 1.56. The molecule has 0 amide bonds. The lowest BCUT2D eigenvalue weighted by Gasteiger charge is -2.12. The van der Waals surface area contributed by atoms with Crippen LogP contribution < -0.4 is 5.32 Å². The molecule has 1 aromatic heterocycles. The van der Waals surface area contributed by atoms with Crippen LogP contribution in [0.3, 0.4) is 0 Å². The Morgan fingerprint density at radius 2 is 2.43 bits per heavy atom. The molecule has 80 valence electrons. The number of hydrogen-bond acceptors (Lipinski definition) is 4. The van der Waals surface area contributed by atoms with Crippen LogP contribution in [0.4, 0.5) is 0 Å². The largest absolute Gasteiger partial charge is 0.380 e. The molecule has 0 aliphatic heterocycles. The van der Waals surface area contributed by atoms with Crippen molar-refractivity contribution < 1.29 is 4.74 Å². The smallest absolute Gasteiger partial charge is 0.140 e. The van der Waals surface area contributed by atoms with Gasteiger partial charge in [-0.3, -0.25) is 4.68 Å². The van der Waals surface area contributed by atoms with Gasteiger partial charge in [0, 0.05) is 19.7 Å². The zero-order chi connectivity index (χ0) is 10.4. The van der Waals surface area contributed by atoms with Crippen LogP contribution in [0.2, 0.25) is 0 Å². The maximum atomic E-state index is 5.29.